The average Bonchev–Trinajstić information content (AvgIpc) is 2.74. The van der Waals surface area contributed by atoms with E-state index in [-0.39, 0.29) is 12.4 Å². The molecule has 0 amide bonds. The normalized spacial score (nSPS) is 17.8. The van der Waals surface area contributed by atoms with E-state index >= 15 is 0 Å². The molecule has 160 valence electrons. The molecule has 2 fully saturated rings. The van der Waals surface area contributed by atoms with Crippen LogP contribution in [0.3, 0.4) is 0 Å². The molecule has 2 aliphatic rings. The molecule has 29 heavy (non-hydrogen) atoms. The molecule has 0 radical (unpaired) electrons. The highest BCUT2D eigenvalue weighted by Gasteiger charge is 2.18. The van der Waals surface area contributed by atoms with Crippen molar-refractivity contribution in [2.75, 3.05) is 13.1 Å². The maximum atomic E-state index is 6.13. The Balaban J connectivity index is 0.000000200. The third kappa shape index (κ3) is 6.62. The van der Waals surface area contributed by atoms with Crippen molar-refractivity contribution >= 4 is 35.6 Å². The van der Waals surface area contributed by atoms with Crippen molar-refractivity contribution in [2.24, 2.45) is 0 Å². The quantitative estimate of drug-likeness (QED) is 0.481. The molecule has 0 atom stereocenters. The average molecular weight is 455 g/mol. The first-order chi connectivity index (χ1) is 13.6. The van der Waals surface area contributed by atoms with Gasteiger partial charge in [-0.1, -0.05) is 66.7 Å². The summed E-state index contributed by atoms with van der Waals surface area (Å²) in [7, 11) is 0. The highest BCUT2D eigenvalue weighted by molar-refractivity contribution is 6.31. The Labute approximate surface area is 193 Å². The van der Waals surface area contributed by atoms with Gasteiger partial charge in [0.2, 0.25) is 0 Å². The van der Waals surface area contributed by atoms with Crippen LogP contribution in [0.15, 0.2) is 36.4 Å². The van der Waals surface area contributed by atoms with Crippen molar-refractivity contribution in [1.82, 2.24) is 5.32 Å². The standard InChI is InChI=1S/C13H17Cl.C12H16ClN.ClH/c1-10-12(8-5-9-13(10)14)11-6-3-2-4-7-11;1-9-11(3-2-4-12(9)13)10-5-7-14-8-6-10;/h5,8-9,11H,2-4,6-7H2,1H3;2-4,10,14H,5-8H2,1H3;1H. The molecule has 0 spiro atoms. The van der Waals surface area contributed by atoms with Crippen LogP contribution >= 0.6 is 35.6 Å². The van der Waals surface area contributed by atoms with Gasteiger partial charge in [-0.25, -0.2) is 0 Å². The van der Waals surface area contributed by atoms with Crippen LogP contribution in [-0.4, -0.2) is 13.1 Å². The summed E-state index contributed by atoms with van der Waals surface area (Å²) in [5.74, 6) is 1.47. The maximum absolute atomic E-state index is 6.13. The van der Waals surface area contributed by atoms with Crippen molar-refractivity contribution in [1.29, 1.82) is 0 Å². The Morgan fingerprint density at radius 2 is 1.14 bits per heavy atom. The Kier molecular flexibility index (Phi) is 10.3. The fraction of sp³-hybridized carbons (Fsp3) is 0.520. The summed E-state index contributed by atoms with van der Waals surface area (Å²) in [6.07, 6.45) is 9.36. The third-order valence-electron chi connectivity index (χ3n) is 6.44. The molecule has 1 saturated carbocycles. The van der Waals surface area contributed by atoms with Crippen LogP contribution in [0.25, 0.3) is 0 Å². The molecule has 0 bridgehead atoms. The van der Waals surface area contributed by atoms with Crippen molar-refractivity contribution in [2.45, 2.75) is 70.6 Å². The zero-order valence-electron chi connectivity index (χ0n) is 17.6. The van der Waals surface area contributed by atoms with Crippen molar-refractivity contribution in [3.8, 4) is 0 Å². The summed E-state index contributed by atoms with van der Waals surface area (Å²) in [4.78, 5) is 0. The van der Waals surface area contributed by atoms with Crippen LogP contribution in [0.5, 0.6) is 0 Å². The van der Waals surface area contributed by atoms with Gasteiger partial charge in [-0.15, -0.1) is 12.4 Å². The van der Waals surface area contributed by atoms with E-state index in [1.807, 2.05) is 12.1 Å². The van der Waals surface area contributed by atoms with Crippen LogP contribution in [0.2, 0.25) is 10.0 Å². The molecule has 1 heterocycles. The second-order valence-corrected chi connectivity index (χ2v) is 9.08. The molecule has 1 saturated heterocycles. The lowest BCUT2D eigenvalue weighted by molar-refractivity contribution is 0.442. The van der Waals surface area contributed by atoms with E-state index in [0.29, 0.717) is 5.92 Å². The van der Waals surface area contributed by atoms with Crippen molar-refractivity contribution in [3.05, 3.63) is 68.7 Å². The highest BCUT2D eigenvalue weighted by Crippen LogP contribution is 2.36. The zero-order chi connectivity index (χ0) is 19.9. The van der Waals surface area contributed by atoms with Gasteiger partial charge in [-0.05, 0) is 98.8 Å². The first kappa shape index (κ1) is 24.5. The van der Waals surface area contributed by atoms with Crippen molar-refractivity contribution < 1.29 is 0 Å². The summed E-state index contributed by atoms with van der Waals surface area (Å²) in [5.41, 5.74) is 5.48. The Hall–Kier alpha value is -0.730. The Morgan fingerprint density at radius 3 is 1.62 bits per heavy atom. The minimum Gasteiger partial charge on any atom is -0.317 e. The van der Waals surface area contributed by atoms with E-state index in [9.17, 15) is 0 Å². The van der Waals surface area contributed by atoms with Gasteiger partial charge in [0.15, 0.2) is 0 Å². The number of piperidine rings is 1. The molecule has 1 N–H and O–H groups in total. The highest BCUT2D eigenvalue weighted by atomic mass is 35.5. The SMILES string of the molecule is Cc1c(Cl)cccc1C1CCCCC1.Cc1c(Cl)cccc1C1CCNCC1.Cl. The summed E-state index contributed by atoms with van der Waals surface area (Å²) >= 11 is 12.3. The smallest absolute Gasteiger partial charge is 0.0438 e. The topological polar surface area (TPSA) is 12.0 Å². The zero-order valence-corrected chi connectivity index (χ0v) is 20.0. The molecule has 1 aliphatic heterocycles. The Morgan fingerprint density at radius 1 is 0.690 bits per heavy atom. The molecule has 2 aromatic carbocycles. The minimum atomic E-state index is 0. The van der Waals surface area contributed by atoms with Crippen LogP contribution < -0.4 is 5.32 Å². The summed E-state index contributed by atoms with van der Waals surface area (Å²) in [5, 5.41) is 5.21. The number of hydrogen-bond donors (Lipinski definition) is 1. The molecular weight excluding hydrogens is 421 g/mol. The lowest BCUT2D eigenvalue weighted by Gasteiger charge is -2.24. The molecule has 2 aromatic rings. The van der Waals surface area contributed by atoms with E-state index in [0.717, 1.165) is 29.1 Å². The number of rotatable bonds is 2. The van der Waals surface area contributed by atoms with Gasteiger partial charge in [-0.2, -0.15) is 0 Å². The molecule has 1 nitrogen and oxygen atoms in total. The lowest BCUT2D eigenvalue weighted by atomic mass is 9.82. The number of nitrogens with one attached hydrogen (secondary N) is 1. The monoisotopic (exact) mass is 453 g/mol. The van der Waals surface area contributed by atoms with Gasteiger partial charge in [-0.3, -0.25) is 0 Å². The summed E-state index contributed by atoms with van der Waals surface area (Å²) in [6, 6.07) is 12.6. The van der Waals surface area contributed by atoms with E-state index in [1.165, 1.54) is 67.2 Å². The van der Waals surface area contributed by atoms with Crippen molar-refractivity contribution in [3.63, 3.8) is 0 Å². The molecule has 0 aromatic heterocycles. The molecule has 4 rings (SSSR count). The summed E-state index contributed by atoms with van der Waals surface area (Å²) in [6.45, 7) is 6.54. The van der Waals surface area contributed by atoms with Gasteiger partial charge in [0.25, 0.3) is 0 Å². The van der Waals surface area contributed by atoms with Gasteiger partial charge in [0.05, 0.1) is 0 Å². The van der Waals surface area contributed by atoms with Gasteiger partial charge in [0.1, 0.15) is 0 Å². The molecular formula is C25H34Cl3N. The van der Waals surface area contributed by atoms with Crippen LogP contribution in [0, 0.1) is 13.8 Å². The van der Waals surface area contributed by atoms with E-state index in [1.54, 1.807) is 0 Å². The van der Waals surface area contributed by atoms with E-state index in [4.69, 9.17) is 23.2 Å². The lowest BCUT2D eigenvalue weighted by Crippen LogP contribution is -2.26. The van der Waals surface area contributed by atoms with E-state index in [2.05, 4.69) is 43.4 Å². The second kappa shape index (κ2) is 12.2. The fourth-order valence-electron chi connectivity index (χ4n) is 4.68. The van der Waals surface area contributed by atoms with E-state index < -0.39 is 0 Å². The first-order valence-electron chi connectivity index (χ1n) is 10.8. The largest absolute Gasteiger partial charge is 0.317 e. The second-order valence-electron chi connectivity index (χ2n) is 8.27. The number of hydrogen-bond acceptors (Lipinski definition) is 1. The van der Waals surface area contributed by atoms with Crippen LogP contribution in [0.1, 0.15) is 79.0 Å². The minimum absolute atomic E-state index is 0. The van der Waals surface area contributed by atoms with Gasteiger partial charge >= 0.3 is 0 Å². The third-order valence-corrected chi connectivity index (χ3v) is 7.26. The van der Waals surface area contributed by atoms with Gasteiger partial charge < -0.3 is 5.32 Å². The fourth-order valence-corrected chi connectivity index (χ4v) is 5.04. The molecule has 1 aliphatic carbocycles. The summed E-state index contributed by atoms with van der Waals surface area (Å²) < 4.78 is 0. The predicted molar refractivity (Wildman–Crippen MR) is 130 cm³/mol. The number of benzene rings is 2. The van der Waals surface area contributed by atoms with Crippen LogP contribution in [0.4, 0.5) is 0 Å². The molecule has 4 heteroatoms. The maximum Gasteiger partial charge on any atom is 0.0438 e. The Bertz CT molecular complexity index is 697. The van der Waals surface area contributed by atoms with Crippen LogP contribution in [-0.2, 0) is 0 Å². The number of halogens is 3. The predicted octanol–water partition coefficient (Wildman–Crippen LogP) is 8.23. The van der Waals surface area contributed by atoms with Gasteiger partial charge in [0, 0.05) is 10.0 Å². The first-order valence-corrected chi connectivity index (χ1v) is 11.5. The molecule has 0 unspecified atom stereocenters.